The van der Waals surface area contributed by atoms with E-state index >= 15 is 0 Å². The molecule has 0 radical (unpaired) electrons. The minimum Gasteiger partial charge on any atom is -0.384 e. The highest BCUT2D eigenvalue weighted by molar-refractivity contribution is 7.17. The lowest BCUT2D eigenvalue weighted by molar-refractivity contribution is -0.141. The Morgan fingerprint density at radius 1 is 1.13 bits per heavy atom. The Morgan fingerprint density at radius 2 is 1.84 bits per heavy atom. The van der Waals surface area contributed by atoms with Crippen molar-refractivity contribution < 1.29 is 22.8 Å². The molecule has 0 atom stereocenters. The Bertz CT molecular complexity index is 1080. The van der Waals surface area contributed by atoms with Crippen LogP contribution in [0.5, 0.6) is 0 Å². The molecule has 0 spiro atoms. The van der Waals surface area contributed by atoms with E-state index in [1.165, 1.54) is 31.3 Å². The fourth-order valence-corrected chi connectivity index (χ4v) is 3.53. The third-order valence-corrected chi connectivity index (χ3v) is 5.12. The topological polar surface area (TPSA) is 122 Å². The van der Waals surface area contributed by atoms with E-state index in [-0.39, 0.29) is 11.6 Å². The van der Waals surface area contributed by atoms with Gasteiger partial charge in [-0.05, 0) is 35.9 Å². The highest BCUT2D eigenvalue weighted by Crippen LogP contribution is 2.37. The molecule has 3 rings (SSSR count). The van der Waals surface area contributed by atoms with Crippen LogP contribution in [-0.4, -0.2) is 29.0 Å². The van der Waals surface area contributed by atoms with Gasteiger partial charge in [0.2, 0.25) is 0 Å². The van der Waals surface area contributed by atoms with E-state index in [2.05, 4.69) is 25.9 Å². The van der Waals surface area contributed by atoms with Crippen LogP contribution in [0.3, 0.4) is 0 Å². The van der Waals surface area contributed by atoms with Gasteiger partial charge < -0.3 is 21.7 Å². The van der Waals surface area contributed by atoms with E-state index in [1.54, 1.807) is 18.3 Å². The lowest BCUT2D eigenvalue weighted by atomic mass is 10.2. The standard InChI is InChI=1S/C19H17F3N6O2S/c1-24-16(29)14-15(19(20,21)22)28-17(31-14)11-3-5-12(6-4-11)27-18(30)26-9-10-2-7-13(23)25-8-10/h2-8H,9H2,1H3,(H2,23,25)(H,24,29)(H2,26,27,30). The number of halogens is 3. The Labute approximate surface area is 178 Å². The predicted octanol–water partition coefficient (Wildman–Crippen LogP) is 3.49. The number of urea groups is 1. The van der Waals surface area contributed by atoms with E-state index in [4.69, 9.17) is 5.73 Å². The number of nitrogens with one attached hydrogen (secondary N) is 3. The minimum absolute atomic E-state index is 0.0396. The third-order valence-electron chi connectivity index (χ3n) is 4.02. The van der Waals surface area contributed by atoms with E-state index in [9.17, 15) is 22.8 Å². The number of rotatable bonds is 5. The van der Waals surface area contributed by atoms with Gasteiger partial charge in [-0.1, -0.05) is 6.07 Å². The number of nitrogens with two attached hydrogens (primary N) is 1. The molecule has 0 aliphatic rings. The largest absolute Gasteiger partial charge is 0.435 e. The van der Waals surface area contributed by atoms with Crippen LogP contribution < -0.4 is 21.7 Å². The number of alkyl halides is 3. The Kier molecular flexibility index (Phi) is 6.39. The molecule has 3 aromatic rings. The molecule has 2 aromatic heterocycles. The first-order valence-corrected chi connectivity index (χ1v) is 9.65. The number of carbonyl (C=O) groups is 2. The number of hydrogen-bond donors (Lipinski definition) is 4. The summed E-state index contributed by atoms with van der Waals surface area (Å²) in [7, 11) is 1.25. The van der Waals surface area contributed by atoms with E-state index < -0.39 is 28.7 Å². The second-order valence-corrected chi connectivity index (χ2v) is 7.25. The number of anilines is 2. The molecule has 0 aliphatic carbocycles. The summed E-state index contributed by atoms with van der Waals surface area (Å²) in [6.07, 6.45) is -3.21. The molecule has 0 saturated heterocycles. The van der Waals surface area contributed by atoms with Gasteiger partial charge in [0.15, 0.2) is 5.69 Å². The summed E-state index contributed by atoms with van der Waals surface area (Å²) < 4.78 is 39.6. The summed E-state index contributed by atoms with van der Waals surface area (Å²) in [5.41, 5.74) is 5.84. The van der Waals surface area contributed by atoms with Gasteiger partial charge in [0.1, 0.15) is 15.7 Å². The molecule has 0 bridgehead atoms. The molecule has 0 aliphatic heterocycles. The Hall–Kier alpha value is -3.67. The number of nitrogen functional groups attached to an aromatic ring is 1. The monoisotopic (exact) mass is 450 g/mol. The first kappa shape index (κ1) is 22.0. The minimum atomic E-state index is -4.75. The Morgan fingerprint density at radius 3 is 2.42 bits per heavy atom. The normalized spacial score (nSPS) is 11.1. The van der Waals surface area contributed by atoms with Gasteiger partial charge in [0, 0.05) is 31.0 Å². The van der Waals surface area contributed by atoms with E-state index in [0.717, 1.165) is 5.56 Å². The molecular weight excluding hydrogens is 433 g/mol. The third kappa shape index (κ3) is 5.48. The fraction of sp³-hybridized carbons (Fsp3) is 0.158. The van der Waals surface area contributed by atoms with Gasteiger partial charge in [-0.15, -0.1) is 11.3 Å². The summed E-state index contributed by atoms with van der Waals surface area (Å²) in [6, 6.07) is 8.93. The summed E-state index contributed by atoms with van der Waals surface area (Å²) in [5, 5.41) is 7.49. The lowest BCUT2D eigenvalue weighted by Crippen LogP contribution is -2.28. The number of aromatic nitrogens is 2. The van der Waals surface area contributed by atoms with Crippen LogP contribution >= 0.6 is 11.3 Å². The van der Waals surface area contributed by atoms with Crippen LogP contribution in [0.15, 0.2) is 42.6 Å². The highest BCUT2D eigenvalue weighted by atomic mass is 32.1. The molecule has 0 unspecified atom stereocenters. The van der Waals surface area contributed by atoms with Gasteiger partial charge in [-0.2, -0.15) is 13.2 Å². The van der Waals surface area contributed by atoms with Crippen molar-refractivity contribution in [1.82, 2.24) is 20.6 Å². The van der Waals surface area contributed by atoms with E-state index in [0.29, 0.717) is 28.4 Å². The lowest BCUT2D eigenvalue weighted by Gasteiger charge is -2.08. The van der Waals surface area contributed by atoms with Crippen molar-refractivity contribution in [2.45, 2.75) is 12.7 Å². The van der Waals surface area contributed by atoms with Gasteiger partial charge in [0.25, 0.3) is 5.91 Å². The van der Waals surface area contributed by atoms with Gasteiger partial charge >= 0.3 is 12.2 Å². The van der Waals surface area contributed by atoms with Gasteiger partial charge in [-0.3, -0.25) is 4.79 Å². The maximum absolute atomic E-state index is 13.2. The molecule has 1 aromatic carbocycles. The van der Waals surface area contributed by atoms with Crippen molar-refractivity contribution in [2.24, 2.45) is 0 Å². The second-order valence-electron chi connectivity index (χ2n) is 6.25. The molecule has 2 heterocycles. The van der Waals surface area contributed by atoms with Crippen molar-refractivity contribution in [1.29, 1.82) is 0 Å². The SMILES string of the molecule is CNC(=O)c1sc(-c2ccc(NC(=O)NCc3ccc(N)nc3)cc2)nc1C(F)(F)F. The van der Waals surface area contributed by atoms with Crippen molar-refractivity contribution >= 4 is 34.8 Å². The van der Waals surface area contributed by atoms with Crippen molar-refractivity contribution in [3.05, 3.63) is 58.7 Å². The smallest absolute Gasteiger partial charge is 0.384 e. The maximum atomic E-state index is 13.2. The van der Waals surface area contributed by atoms with Crippen molar-refractivity contribution in [3.8, 4) is 10.6 Å². The van der Waals surface area contributed by atoms with Crippen LogP contribution in [0.1, 0.15) is 20.9 Å². The predicted molar refractivity (Wildman–Crippen MR) is 110 cm³/mol. The van der Waals surface area contributed by atoms with Crippen LogP contribution in [0.2, 0.25) is 0 Å². The molecule has 12 heteroatoms. The molecule has 162 valence electrons. The number of nitrogens with zero attached hydrogens (tertiary/aromatic N) is 2. The number of benzene rings is 1. The maximum Gasteiger partial charge on any atom is 0.435 e. The first-order valence-electron chi connectivity index (χ1n) is 8.83. The van der Waals surface area contributed by atoms with Crippen LogP contribution in [0.25, 0.3) is 10.6 Å². The Balaban J connectivity index is 1.68. The number of carbonyl (C=O) groups excluding carboxylic acids is 2. The molecule has 0 fully saturated rings. The van der Waals surface area contributed by atoms with Crippen LogP contribution in [0.4, 0.5) is 29.5 Å². The van der Waals surface area contributed by atoms with Crippen LogP contribution in [-0.2, 0) is 12.7 Å². The summed E-state index contributed by atoms with van der Waals surface area (Å²) >= 11 is 0.641. The zero-order valence-corrected chi connectivity index (χ0v) is 16.9. The average Bonchev–Trinajstić information content (AvgIpc) is 3.19. The molecule has 5 N–H and O–H groups in total. The molecule has 8 nitrogen and oxygen atoms in total. The van der Waals surface area contributed by atoms with Crippen molar-refractivity contribution in [2.75, 3.05) is 18.1 Å². The van der Waals surface area contributed by atoms with Gasteiger partial charge in [0.05, 0.1) is 0 Å². The first-order chi connectivity index (χ1) is 14.7. The number of hydrogen-bond acceptors (Lipinski definition) is 6. The summed E-state index contributed by atoms with van der Waals surface area (Å²) in [5.74, 6) is -0.486. The quantitative estimate of drug-likeness (QED) is 0.474. The molecule has 0 saturated carbocycles. The average molecular weight is 450 g/mol. The molecular formula is C19H17F3N6O2S. The fourth-order valence-electron chi connectivity index (χ4n) is 2.50. The van der Waals surface area contributed by atoms with E-state index in [1.807, 2.05) is 0 Å². The van der Waals surface area contributed by atoms with Gasteiger partial charge in [-0.25, -0.2) is 14.8 Å². The zero-order valence-electron chi connectivity index (χ0n) is 16.1. The van der Waals surface area contributed by atoms with Crippen molar-refractivity contribution in [3.63, 3.8) is 0 Å². The summed E-state index contributed by atoms with van der Waals surface area (Å²) in [4.78, 5) is 30.8. The number of thiazole rings is 1. The number of pyridine rings is 1. The summed E-state index contributed by atoms with van der Waals surface area (Å²) in [6.45, 7) is 0.235. The van der Waals surface area contributed by atoms with Crippen LogP contribution in [0, 0.1) is 0 Å². The molecule has 3 amide bonds. The molecule has 31 heavy (non-hydrogen) atoms. The zero-order chi connectivity index (χ0) is 22.6. The second kappa shape index (κ2) is 9.00. The number of amides is 3. The highest BCUT2D eigenvalue weighted by Gasteiger charge is 2.39.